The van der Waals surface area contributed by atoms with E-state index in [0.29, 0.717) is 0 Å². The molecule has 0 saturated carbocycles. The minimum absolute atomic E-state index is 0.0462. The molecule has 4 nitrogen and oxygen atoms in total. The molecule has 0 aliphatic carbocycles. The number of hydrogen-bond acceptors (Lipinski definition) is 4. The fourth-order valence-corrected chi connectivity index (χ4v) is 0.844. The molecule has 0 unspecified atom stereocenters. The first-order valence-corrected chi connectivity index (χ1v) is 3.66. The Balaban J connectivity index is 3.08. The molecular weight excluding hydrogens is 213 g/mol. The van der Waals surface area contributed by atoms with Gasteiger partial charge >= 0.3 is 6.36 Å². The number of halogens is 3. The van der Waals surface area contributed by atoms with E-state index in [0.717, 1.165) is 19.4 Å². The average Bonchev–Trinajstić information content (AvgIpc) is 2.15. The van der Waals surface area contributed by atoms with Crippen molar-refractivity contribution in [2.24, 2.45) is 0 Å². The van der Waals surface area contributed by atoms with E-state index in [1.807, 2.05) is 0 Å². The first kappa shape index (κ1) is 11.1. The third kappa shape index (κ3) is 3.02. The van der Waals surface area contributed by atoms with Crippen molar-refractivity contribution < 1.29 is 22.6 Å². The second-order valence-corrected chi connectivity index (χ2v) is 2.39. The third-order valence-corrected chi connectivity index (χ3v) is 1.37. The van der Waals surface area contributed by atoms with Crippen LogP contribution in [0.2, 0.25) is 0 Å². The quantitative estimate of drug-likeness (QED) is 0.760. The van der Waals surface area contributed by atoms with Gasteiger partial charge < -0.3 is 9.47 Å². The lowest BCUT2D eigenvalue weighted by Crippen LogP contribution is -2.18. The molecule has 0 bridgehead atoms. The fraction of sp³-hybridized carbons (Fsp3) is 0.250. The summed E-state index contributed by atoms with van der Waals surface area (Å²) >= 11 is 0. The molecule has 0 aliphatic rings. The van der Waals surface area contributed by atoms with Gasteiger partial charge in [-0.3, -0.25) is 0 Å². The van der Waals surface area contributed by atoms with Gasteiger partial charge in [-0.1, -0.05) is 0 Å². The molecule has 0 amide bonds. The van der Waals surface area contributed by atoms with Crippen molar-refractivity contribution >= 4 is 0 Å². The molecule has 80 valence electrons. The van der Waals surface area contributed by atoms with Crippen molar-refractivity contribution in [3.63, 3.8) is 0 Å². The SMILES string of the molecule is COc1ncc(C#N)cc1OC(F)(F)F. The first-order chi connectivity index (χ1) is 6.96. The molecule has 0 N–H and O–H groups in total. The lowest BCUT2D eigenvalue weighted by atomic mass is 10.3. The van der Waals surface area contributed by atoms with Gasteiger partial charge in [-0.15, -0.1) is 13.2 Å². The zero-order valence-corrected chi connectivity index (χ0v) is 7.50. The van der Waals surface area contributed by atoms with Gasteiger partial charge in [0.1, 0.15) is 6.07 Å². The third-order valence-electron chi connectivity index (χ3n) is 1.37. The maximum Gasteiger partial charge on any atom is 0.573 e. The molecule has 0 aromatic carbocycles. The summed E-state index contributed by atoms with van der Waals surface area (Å²) < 4.78 is 43.9. The number of rotatable bonds is 2. The van der Waals surface area contributed by atoms with Gasteiger partial charge in [-0.25, -0.2) is 4.98 Å². The van der Waals surface area contributed by atoms with Crippen LogP contribution in [0.3, 0.4) is 0 Å². The summed E-state index contributed by atoms with van der Waals surface area (Å²) in [5.74, 6) is -0.963. The Hall–Kier alpha value is -1.97. The topological polar surface area (TPSA) is 55.1 Å². The molecule has 1 aromatic rings. The summed E-state index contributed by atoms with van der Waals surface area (Å²) in [7, 11) is 1.15. The van der Waals surface area contributed by atoms with Crippen molar-refractivity contribution in [1.29, 1.82) is 5.26 Å². The molecule has 1 rings (SSSR count). The monoisotopic (exact) mass is 218 g/mol. The van der Waals surface area contributed by atoms with Crippen molar-refractivity contribution in [3.05, 3.63) is 17.8 Å². The van der Waals surface area contributed by atoms with Crippen molar-refractivity contribution in [2.75, 3.05) is 7.11 Å². The maximum absolute atomic E-state index is 11.9. The highest BCUT2D eigenvalue weighted by Crippen LogP contribution is 2.30. The van der Waals surface area contributed by atoms with Gasteiger partial charge in [0, 0.05) is 12.3 Å². The van der Waals surface area contributed by atoms with Gasteiger partial charge in [-0.2, -0.15) is 5.26 Å². The van der Waals surface area contributed by atoms with Crippen molar-refractivity contribution in [1.82, 2.24) is 4.98 Å². The molecule has 0 atom stereocenters. The van der Waals surface area contributed by atoms with E-state index in [-0.39, 0.29) is 11.4 Å². The number of nitrogens with zero attached hydrogens (tertiary/aromatic N) is 2. The summed E-state index contributed by atoms with van der Waals surface area (Å²) in [6, 6.07) is 2.54. The zero-order valence-electron chi connectivity index (χ0n) is 7.50. The van der Waals surface area contributed by atoms with E-state index in [1.165, 1.54) is 0 Å². The number of ether oxygens (including phenoxy) is 2. The van der Waals surface area contributed by atoms with E-state index in [1.54, 1.807) is 6.07 Å². The van der Waals surface area contributed by atoms with Crippen LogP contribution < -0.4 is 9.47 Å². The van der Waals surface area contributed by atoms with Crippen molar-refractivity contribution in [2.45, 2.75) is 6.36 Å². The molecule has 0 radical (unpaired) electrons. The second-order valence-electron chi connectivity index (χ2n) is 2.39. The van der Waals surface area contributed by atoms with Crippen LogP contribution in [-0.4, -0.2) is 18.5 Å². The smallest absolute Gasteiger partial charge is 0.478 e. The Bertz CT molecular complexity index is 398. The minimum atomic E-state index is -4.84. The summed E-state index contributed by atoms with van der Waals surface area (Å²) in [5.41, 5.74) is -0.0462. The molecule has 1 heterocycles. The van der Waals surface area contributed by atoms with Gasteiger partial charge in [-0.05, 0) is 0 Å². The molecule has 15 heavy (non-hydrogen) atoms. The number of methoxy groups -OCH3 is 1. The molecular formula is C8H5F3N2O2. The summed E-state index contributed by atoms with van der Waals surface area (Å²) in [4.78, 5) is 3.48. The van der Waals surface area contributed by atoms with E-state index >= 15 is 0 Å². The molecule has 7 heteroatoms. The predicted molar refractivity (Wildman–Crippen MR) is 42.2 cm³/mol. The van der Waals surface area contributed by atoms with Crippen LogP contribution in [0.4, 0.5) is 13.2 Å². The lowest BCUT2D eigenvalue weighted by Gasteiger charge is -2.11. The highest BCUT2D eigenvalue weighted by atomic mass is 19.4. The van der Waals surface area contributed by atoms with Crippen LogP contribution in [0.5, 0.6) is 11.6 Å². The number of hydrogen-bond donors (Lipinski definition) is 0. The van der Waals surface area contributed by atoms with E-state index in [4.69, 9.17) is 5.26 Å². The molecule has 0 fully saturated rings. The number of aromatic nitrogens is 1. The van der Waals surface area contributed by atoms with Crippen molar-refractivity contribution in [3.8, 4) is 17.7 Å². The average molecular weight is 218 g/mol. The highest BCUT2D eigenvalue weighted by molar-refractivity contribution is 5.41. The Labute approximate surface area is 82.9 Å². The molecule has 0 saturated heterocycles. The van der Waals surface area contributed by atoms with Gasteiger partial charge in [0.15, 0.2) is 5.75 Å². The number of pyridine rings is 1. The van der Waals surface area contributed by atoms with Crippen LogP contribution >= 0.6 is 0 Å². The van der Waals surface area contributed by atoms with Crippen LogP contribution in [0.25, 0.3) is 0 Å². The van der Waals surface area contributed by atoms with Crippen LogP contribution in [-0.2, 0) is 0 Å². The summed E-state index contributed by atoms with van der Waals surface area (Å²) in [6.45, 7) is 0. The van der Waals surface area contributed by atoms with Gasteiger partial charge in [0.25, 0.3) is 5.88 Å². The maximum atomic E-state index is 11.9. The minimum Gasteiger partial charge on any atom is -0.478 e. The molecule has 0 aliphatic heterocycles. The Morgan fingerprint density at radius 2 is 2.13 bits per heavy atom. The standard InChI is InChI=1S/C8H5F3N2O2/c1-14-7-6(15-8(9,10)11)2-5(3-12)4-13-7/h2,4H,1H3. The first-order valence-electron chi connectivity index (χ1n) is 3.66. The number of alkyl halides is 3. The lowest BCUT2D eigenvalue weighted by molar-refractivity contribution is -0.275. The van der Waals surface area contributed by atoms with Gasteiger partial charge in [0.05, 0.1) is 12.7 Å². The van der Waals surface area contributed by atoms with E-state index < -0.39 is 12.1 Å². The van der Waals surface area contributed by atoms with E-state index in [9.17, 15) is 13.2 Å². The van der Waals surface area contributed by atoms with Crippen LogP contribution in [0.15, 0.2) is 12.3 Å². The predicted octanol–water partition coefficient (Wildman–Crippen LogP) is 1.86. The normalized spacial score (nSPS) is 10.6. The van der Waals surface area contributed by atoms with E-state index in [2.05, 4.69) is 14.5 Å². The fourth-order valence-electron chi connectivity index (χ4n) is 0.844. The Morgan fingerprint density at radius 3 is 2.60 bits per heavy atom. The zero-order chi connectivity index (χ0) is 11.5. The number of nitriles is 1. The summed E-state index contributed by atoms with van der Waals surface area (Å²) in [5, 5.41) is 8.46. The highest BCUT2D eigenvalue weighted by Gasteiger charge is 2.33. The Kier molecular flexibility index (Phi) is 2.99. The summed E-state index contributed by atoms with van der Waals surface area (Å²) in [6.07, 6.45) is -3.76. The van der Waals surface area contributed by atoms with Crippen LogP contribution in [0, 0.1) is 11.3 Å². The molecule has 0 spiro atoms. The van der Waals surface area contributed by atoms with Gasteiger partial charge in [0.2, 0.25) is 0 Å². The van der Waals surface area contributed by atoms with Crippen LogP contribution in [0.1, 0.15) is 5.56 Å². The Morgan fingerprint density at radius 1 is 1.47 bits per heavy atom. The molecule has 1 aromatic heterocycles. The second kappa shape index (κ2) is 4.04. The largest absolute Gasteiger partial charge is 0.573 e.